The van der Waals surface area contributed by atoms with Gasteiger partial charge in [0.1, 0.15) is 11.6 Å². The minimum absolute atomic E-state index is 0.436. The van der Waals surface area contributed by atoms with Gasteiger partial charge >= 0.3 is 0 Å². The largest absolute Gasteiger partial charge is 0.494 e. The number of rotatable bonds is 9. The van der Waals surface area contributed by atoms with Gasteiger partial charge in [0.25, 0.3) is 0 Å². The Kier molecular flexibility index (Phi) is 7.54. The van der Waals surface area contributed by atoms with E-state index in [1.807, 2.05) is 57.5 Å². The van der Waals surface area contributed by atoms with E-state index in [2.05, 4.69) is 46.3 Å². The van der Waals surface area contributed by atoms with Crippen LogP contribution in [0.3, 0.4) is 0 Å². The van der Waals surface area contributed by atoms with Crippen molar-refractivity contribution in [1.29, 1.82) is 0 Å². The van der Waals surface area contributed by atoms with E-state index >= 15 is 0 Å². The number of ether oxygens (including phenoxy) is 1. The zero-order valence-corrected chi connectivity index (χ0v) is 19.8. The average Bonchev–Trinajstić information content (AvgIpc) is 2.72. The maximum absolute atomic E-state index is 6.34. The highest BCUT2D eigenvalue weighted by Crippen LogP contribution is 2.36. The minimum atomic E-state index is 0.436. The summed E-state index contributed by atoms with van der Waals surface area (Å²) in [5.74, 6) is 1.77. The Bertz CT molecular complexity index is 1030. The highest BCUT2D eigenvalue weighted by Gasteiger charge is 2.13. The molecule has 31 heavy (non-hydrogen) atoms. The minimum Gasteiger partial charge on any atom is -0.494 e. The summed E-state index contributed by atoms with van der Waals surface area (Å²) >= 11 is 3.47. The van der Waals surface area contributed by atoms with E-state index in [9.17, 15) is 0 Å². The van der Waals surface area contributed by atoms with Crippen LogP contribution in [0.2, 0.25) is 0 Å². The standard InChI is InChI=1S/C22H28BrN7O/c1-29(2)10-11-30(3)19-14-20(31-4)18(13-17(19)24)27-22-25-9-8-21(28-22)26-16-7-5-6-15(23)12-16/h5-9,12-14H,10-11,24H2,1-4H3,(H2,25,26,27,28). The van der Waals surface area contributed by atoms with Gasteiger partial charge in [0.15, 0.2) is 0 Å². The van der Waals surface area contributed by atoms with Crippen LogP contribution in [0, 0.1) is 0 Å². The van der Waals surface area contributed by atoms with Gasteiger partial charge in [-0.1, -0.05) is 22.0 Å². The molecular weight excluding hydrogens is 458 g/mol. The first kappa shape index (κ1) is 22.6. The van der Waals surface area contributed by atoms with Gasteiger partial charge < -0.3 is 30.9 Å². The van der Waals surface area contributed by atoms with Crippen LogP contribution in [0.15, 0.2) is 53.1 Å². The number of aromatic nitrogens is 2. The number of nitrogen functional groups attached to an aromatic ring is 1. The molecular formula is C22H28BrN7O. The SMILES string of the molecule is COc1cc(N(C)CCN(C)C)c(N)cc1Nc1nccc(Nc2cccc(Br)c2)n1. The molecule has 0 spiro atoms. The second-order valence-electron chi connectivity index (χ2n) is 7.36. The molecule has 9 heteroatoms. The monoisotopic (exact) mass is 485 g/mol. The molecule has 164 valence electrons. The highest BCUT2D eigenvalue weighted by atomic mass is 79.9. The maximum atomic E-state index is 6.34. The normalized spacial score (nSPS) is 10.8. The van der Waals surface area contributed by atoms with Gasteiger partial charge in [-0.3, -0.25) is 0 Å². The summed E-state index contributed by atoms with van der Waals surface area (Å²) in [6.45, 7) is 1.77. The third-order valence-corrected chi connectivity index (χ3v) is 5.13. The Morgan fingerprint density at radius 2 is 1.87 bits per heavy atom. The van der Waals surface area contributed by atoms with Crippen LogP contribution in [-0.4, -0.2) is 56.2 Å². The quantitative estimate of drug-likeness (QED) is 0.386. The van der Waals surface area contributed by atoms with Crippen molar-refractivity contribution in [1.82, 2.24) is 14.9 Å². The molecule has 1 heterocycles. The molecule has 3 aromatic rings. The summed E-state index contributed by atoms with van der Waals surface area (Å²) < 4.78 is 6.58. The molecule has 2 aromatic carbocycles. The lowest BCUT2D eigenvalue weighted by atomic mass is 10.2. The molecule has 0 unspecified atom stereocenters. The lowest BCUT2D eigenvalue weighted by Crippen LogP contribution is -2.29. The van der Waals surface area contributed by atoms with Crippen molar-refractivity contribution in [3.63, 3.8) is 0 Å². The third kappa shape index (κ3) is 6.22. The first-order chi connectivity index (χ1) is 14.9. The molecule has 0 fully saturated rings. The molecule has 0 aliphatic rings. The van der Waals surface area contributed by atoms with E-state index in [4.69, 9.17) is 10.5 Å². The fourth-order valence-electron chi connectivity index (χ4n) is 2.98. The van der Waals surface area contributed by atoms with Crippen LogP contribution in [0.5, 0.6) is 5.75 Å². The predicted molar refractivity (Wildman–Crippen MR) is 132 cm³/mol. The van der Waals surface area contributed by atoms with Crippen LogP contribution in [-0.2, 0) is 0 Å². The van der Waals surface area contributed by atoms with Gasteiger partial charge in [0, 0.05) is 42.6 Å². The summed E-state index contributed by atoms with van der Waals surface area (Å²) in [6, 6.07) is 13.4. The Hall–Kier alpha value is -3.04. The topological polar surface area (TPSA) is 91.6 Å². The number of hydrogen-bond acceptors (Lipinski definition) is 8. The van der Waals surface area contributed by atoms with Crippen LogP contribution >= 0.6 is 15.9 Å². The number of likely N-dealkylation sites (N-methyl/N-ethyl adjacent to an activating group) is 2. The number of benzene rings is 2. The molecule has 0 saturated heterocycles. The molecule has 0 bridgehead atoms. The number of nitrogens with two attached hydrogens (primary N) is 1. The van der Waals surface area contributed by atoms with Crippen molar-refractivity contribution in [3.8, 4) is 5.75 Å². The van der Waals surface area contributed by atoms with Crippen molar-refractivity contribution in [2.24, 2.45) is 0 Å². The van der Waals surface area contributed by atoms with Crippen molar-refractivity contribution in [2.75, 3.05) is 62.6 Å². The first-order valence-corrected chi connectivity index (χ1v) is 10.6. The summed E-state index contributed by atoms with van der Waals surface area (Å²) in [7, 11) is 7.74. The summed E-state index contributed by atoms with van der Waals surface area (Å²) in [4.78, 5) is 13.1. The van der Waals surface area contributed by atoms with Crippen LogP contribution in [0.4, 0.5) is 34.5 Å². The summed E-state index contributed by atoms with van der Waals surface area (Å²) in [6.07, 6.45) is 1.69. The van der Waals surface area contributed by atoms with Gasteiger partial charge in [-0.2, -0.15) is 4.98 Å². The fourth-order valence-corrected chi connectivity index (χ4v) is 3.38. The van der Waals surface area contributed by atoms with Gasteiger partial charge in [-0.25, -0.2) is 4.98 Å². The lowest BCUT2D eigenvalue weighted by Gasteiger charge is -2.24. The van der Waals surface area contributed by atoms with Gasteiger partial charge in [-0.05, 0) is 44.4 Å². The second kappa shape index (κ2) is 10.3. The summed E-state index contributed by atoms with van der Waals surface area (Å²) in [5.41, 5.74) is 9.52. The number of hydrogen-bond donors (Lipinski definition) is 3. The third-order valence-electron chi connectivity index (χ3n) is 4.64. The molecule has 4 N–H and O–H groups in total. The molecule has 0 aliphatic carbocycles. The molecule has 3 rings (SSSR count). The highest BCUT2D eigenvalue weighted by molar-refractivity contribution is 9.10. The van der Waals surface area contributed by atoms with E-state index in [1.54, 1.807) is 19.4 Å². The van der Waals surface area contributed by atoms with Crippen LogP contribution < -0.4 is 26.0 Å². The van der Waals surface area contributed by atoms with E-state index in [0.29, 0.717) is 28.9 Å². The van der Waals surface area contributed by atoms with Gasteiger partial charge in [0.2, 0.25) is 5.95 Å². The predicted octanol–water partition coefficient (Wildman–Crippen LogP) is 4.31. The molecule has 1 aromatic heterocycles. The van der Waals surface area contributed by atoms with E-state index < -0.39 is 0 Å². The van der Waals surface area contributed by atoms with E-state index in [0.717, 1.165) is 28.9 Å². The first-order valence-electron chi connectivity index (χ1n) is 9.81. The zero-order valence-electron chi connectivity index (χ0n) is 18.2. The maximum Gasteiger partial charge on any atom is 0.229 e. The zero-order chi connectivity index (χ0) is 22.4. The van der Waals surface area contributed by atoms with E-state index in [1.165, 1.54) is 0 Å². The van der Waals surface area contributed by atoms with Crippen molar-refractivity contribution in [3.05, 3.63) is 53.1 Å². The van der Waals surface area contributed by atoms with Crippen molar-refractivity contribution in [2.45, 2.75) is 0 Å². The lowest BCUT2D eigenvalue weighted by molar-refractivity contribution is 0.413. The second-order valence-corrected chi connectivity index (χ2v) is 8.28. The molecule has 0 atom stereocenters. The summed E-state index contributed by atoms with van der Waals surface area (Å²) in [5, 5.41) is 6.49. The average molecular weight is 486 g/mol. The molecule has 8 nitrogen and oxygen atoms in total. The van der Waals surface area contributed by atoms with Crippen LogP contribution in [0.25, 0.3) is 0 Å². The van der Waals surface area contributed by atoms with Crippen molar-refractivity contribution < 1.29 is 4.74 Å². The number of halogens is 1. The van der Waals surface area contributed by atoms with Gasteiger partial charge in [0.05, 0.1) is 24.2 Å². The van der Waals surface area contributed by atoms with Gasteiger partial charge in [-0.15, -0.1) is 0 Å². The molecule has 0 aliphatic heterocycles. The number of nitrogens with one attached hydrogen (secondary N) is 2. The Balaban J connectivity index is 1.79. The molecule has 0 amide bonds. The molecule has 0 radical (unpaired) electrons. The number of anilines is 6. The van der Waals surface area contributed by atoms with E-state index in [-0.39, 0.29) is 0 Å². The van der Waals surface area contributed by atoms with Crippen molar-refractivity contribution >= 4 is 50.4 Å². The Labute approximate surface area is 191 Å². The van der Waals surface area contributed by atoms with Crippen LogP contribution in [0.1, 0.15) is 0 Å². The Morgan fingerprint density at radius 3 is 2.58 bits per heavy atom. The number of nitrogens with zero attached hydrogens (tertiary/aromatic N) is 4. The Morgan fingerprint density at radius 1 is 1.06 bits per heavy atom. The molecule has 0 saturated carbocycles. The number of methoxy groups -OCH3 is 1. The fraction of sp³-hybridized carbons (Fsp3) is 0.273. The smallest absolute Gasteiger partial charge is 0.229 e.